The van der Waals surface area contributed by atoms with Crippen LogP contribution in [0.3, 0.4) is 0 Å². The summed E-state index contributed by atoms with van der Waals surface area (Å²) in [4.78, 5) is 10.7. The molecular weight excluding hydrogens is 320 g/mol. The Morgan fingerprint density at radius 2 is 2.12 bits per heavy atom. The molecule has 3 aromatic rings. The van der Waals surface area contributed by atoms with E-state index < -0.39 is 0 Å². The Bertz CT molecular complexity index is 799. The molecule has 0 N–H and O–H groups in total. The van der Waals surface area contributed by atoms with Gasteiger partial charge in [-0.15, -0.1) is 0 Å². The molecule has 3 heterocycles. The van der Waals surface area contributed by atoms with Gasteiger partial charge in [0.1, 0.15) is 12.7 Å². The highest BCUT2D eigenvalue weighted by atomic mass is 16.5. The lowest BCUT2D eigenvalue weighted by Crippen LogP contribution is -2.43. The summed E-state index contributed by atoms with van der Waals surface area (Å²) in [5, 5.41) is 8.22. The van der Waals surface area contributed by atoms with Gasteiger partial charge in [-0.25, -0.2) is 4.98 Å². The molecule has 8 heteroatoms. The number of morpholine rings is 1. The largest absolute Gasteiger partial charge is 0.374 e. The van der Waals surface area contributed by atoms with Crippen molar-refractivity contribution in [3.63, 3.8) is 0 Å². The van der Waals surface area contributed by atoms with Crippen LogP contribution in [0.25, 0.3) is 11.4 Å². The Hall–Kier alpha value is -2.58. The molecule has 2 aromatic heterocycles. The van der Waals surface area contributed by atoms with Crippen molar-refractivity contribution in [1.29, 1.82) is 0 Å². The van der Waals surface area contributed by atoms with Gasteiger partial charge in [0.05, 0.1) is 25.8 Å². The fraction of sp³-hybridized carbons (Fsp3) is 0.412. The van der Waals surface area contributed by atoms with Crippen LogP contribution in [0, 0.1) is 6.92 Å². The zero-order chi connectivity index (χ0) is 17.1. The molecule has 0 spiro atoms. The van der Waals surface area contributed by atoms with Gasteiger partial charge in [-0.1, -0.05) is 35.0 Å². The molecule has 1 aliphatic heterocycles. The van der Waals surface area contributed by atoms with E-state index in [-0.39, 0.29) is 6.10 Å². The van der Waals surface area contributed by atoms with E-state index in [1.165, 1.54) is 11.9 Å². The summed E-state index contributed by atoms with van der Waals surface area (Å²) in [6, 6.07) is 8.10. The van der Waals surface area contributed by atoms with Gasteiger partial charge in [0.25, 0.3) is 0 Å². The average molecular weight is 340 g/mol. The third-order valence-electron chi connectivity index (χ3n) is 4.22. The Morgan fingerprint density at radius 1 is 1.24 bits per heavy atom. The summed E-state index contributed by atoms with van der Waals surface area (Å²) < 4.78 is 13.0. The van der Waals surface area contributed by atoms with Gasteiger partial charge >= 0.3 is 0 Å². The third-order valence-corrected chi connectivity index (χ3v) is 4.22. The van der Waals surface area contributed by atoms with E-state index >= 15 is 0 Å². The van der Waals surface area contributed by atoms with Crippen LogP contribution < -0.4 is 0 Å². The maximum Gasteiger partial charge on any atom is 0.241 e. The van der Waals surface area contributed by atoms with Gasteiger partial charge in [-0.2, -0.15) is 10.1 Å². The van der Waals surface area contributed by atoms with Crippen LogP contribution in [0.15, 0.2) is 41.4 Å². The average Bonchev–Trinajstić information content (AvgIpc) is 3.28. The van der Waals surface area contributed by atoms with Gasteiger partial charge in [0.2, 0.25) is 11.7 Å². The summed E-state index contributed by atoms with van der Waals surface area (Å²) in [5.74, 6) is 1.25. The molecule has 1 aliphatic rings. The highest BCUT2D eigenvalue weighted by molar-refractivity contribution is 5.54. The van der Waals surface area contributed by atoms with Crippen molar-refractivity contribution in [3.05, 3.63) is 48.4 Å². The highest BCUT2D eigenvalue weighted by Gasteiger charge is 2.23. The van der Waals surface area contributed by atoms with Crippen LogP contribution in [0.1, 0.15) is 11.5 Å². The monoisotopic (exact) mass is 340 g/mol. The van der Waals surface area contributed by atoms with E-state index in [4.69, 9.17) is 9.26 Å². The van der Waals surface area contributed by atoms with Crippen LogP contribution in [0.5, 0.6) is 0 Å². The Morgan fingerprint density at radius 3 is 2.92 bits per heavy atom. The van der Waals surface area contributed by atoms with Crippen molar-refractivity contribution in [2.24, 2.45) is 0 Å². The summed E-state index contributed by atoms with van der Waals surface area (Å²) in [5.41, 5.74) is 2.17. The Balaban J connectivity index is 1.37. The van der Waals surface area contributed by atoms with Gasteiger partial charge in [-0.3, -0.25) is 9.58 Å². The summed E-state index contributed by atoms with van der Waals surface area (Å²) in [6.07, 6.45) is 3.31. The van der Waals surface area contributed by atoms with Crippen molar-refractivity contribution in [1.82, 2.24) is 29.8 Å². The van der Waals surface area contributed by atoms with E-state index in [9.17, 15) is 0 Å². The number of nitrogens with zero attached hydrogens (tertiary/aromatic N) is 6. The zero-order valence-electron chi connectivity index (χ0n) is 14.1. The standard InChI is InChI=1S/C17H20N6O2/c1-13-2-4-14(5-3-13)17-20-16(25-21-17)10-22-6-7-24-15(8-22)9-23-12-18-11-19-23/h2-5,11-12,15H,6-10H2,1H3/t15-/m1/s1. The maximum absolute atomic E-state index is 5.81. The second-order valence-electron chi connectivity index (χ2n) is 6.22. The molecule has 1 fully saturated rings. The first kappa shape index (κ1) is 15.9. The topological polar surface area (TPSA) is 82.1 Å². The molecule has 0 aliphatic carbocycles. The molecule has 0 amide bonds. The molecule has 0 radical (unpaired) electrons. The smallest absolute Gasteiger partial charge is 0.241 e. The molecule has 0 unspecified atom stereocenters. The number of hydrogen-bond donors (Lipinski definition) is 0. The van der Waals surface area contributed by atoms with Crippen molar-refractivity contribution in [2.45, 2.75) is 26.1 Å². The number of hydrogen-bond acceptors (Lipinski definition) is 7. The van der Waals surface area contributed by atoms with Crippen molar-refractivity contribution in [2.75, 3.05) is 19.7 Å². The molecule has 4 rings (SSSR count). The minimum atomic E-state index is 0.0786. The second-order valence-corrected chi connectivity index (χ2v) is 6.22. The first-order valence-corrected chi connectivity index (χ1v) is 8.32. The molecule has 130 valence electrons. The lowest BCUT2D eigenvalue weighted by atomic mass is 10.1. The predicted octanol–water partition coefficient (Wildman–Crippen LogP) is 1.54. The molecule has 1 aromatic carbocycles. The highest BCUT2D eigenvalue weighted by Crippen LogP contribution is 2.17. The zero-order valence-corrected chi connectivity index (χ0v) is 14.1. The predicted molar refractivity (Wildman–Crippen MR) is 89.5 cm³/mol. The molecule has 25 heavy (non-hydrogen) atoms. The normalized spacial score (nSPS) is 18.5. The van der Waals surface area contributed by atoms with Gasteiger partial charge < -0.3 is 9.26 Å². The Labute approximate surface area is 145 Å². The quantitative estimate of drug-likeness (QED) is 0.697. The molecule has 8 nitrogen and oxygen atoms in total. The van der Waals surface area contributed by atoms with Gasteiger partial charge in [0, 0.05) is 18.7 Å². The van der Waals surface area contributed by atoms with E-state index in [0.29, 0.717) is 31.4 Å². The molecule has 1 atom stereocenters. The van der Waals surface area contributed by atoms with E-state index in [1.54, 1.807) is 11.0 Å². The minimum absolute atomic E-state index is 0.0786. The first-order chi connectivity index (χ1) is 12.3. The van der Waals surface area contributed by atoms with E-state index in [2.05, 4.69) is 32.0 Å². The number of ether oxygens (including phenoxy) is 1. The summed E-state index contributed by atoms with van der Waals surface area (Å²) in [6.45, 7) is 5.68. The molecule has 0 saturated carbocycles. The molecule has 1 saturated heterocycles. The number of benzene rings is 1. The molecule has 0 bridgehead atoms. The van der Waals surface area contributed by atoms with E-state index in [1.807, 2.05) is 24.3 Å². The Kier molecular flexibility index (Phi) is 4.53. The molecular formula is C17H20N6O2. The lowest BCUT2D eigenvalue weighted by molar-refractivity contribution is -0.0426. The summed E-state index contributed by atoms with van der Waals surface area (Å²) in [7, 11) is 0. The van der Waals surface area contributed by atoms with Crippen molar-refractivity contribution in [3.8, 4) is 11.4 Å². The van der Waals surface area contributed by atoms with Crippen molar-refractivity contribution >= 4 is 0 Å². The van der Waals surface area contributed by atoms with Crippen molar-refractivity contribution < 1.29 is 9.26 Å². The lowest BCUT2D eigenvalue weighted by Gasteiger charge is -2.31. The minimum Gasteiger partial charge on any atom is -0.374 e. The van der Waals surface area contributed by atoms with E-state index in [0.717, 1.165) is 18.7 Å². The first-order valence-electron chi connectivity index (χ1n) is 8.32. The van der Waals surface area contributed by atoms with Crippen LogP contribution >= 0.6 is 0 Å². The fourth-order valence-corrected chi connectivity index (χ4v) is 2.90. The number of aryl methyl sites for hydroxylation is 1. The van der Waals surface area contributed by atoms with Gasteiger partial charge in [0.15, 0.2) is 0 Å². The second kappa shape index (κ2) is 7.12. The van der Waals surface area contributed by atoms with Crippen LogP contribution in [-0.4, -0.2) is 55.6 Å². The SMILES string of the molecule is Cc1ccc(-c2noc(CN3CCO[C@@H](Cn4cncn4)C3)n2)cc1. The maximum atomic E-state index is 5.81. The number of rotatable bonds is 5. The van der Waals surface area contributed by atoms with Crippen LogP contribution in [0.4, 0.5) is 0 Å². The third kappa shape index (κ3) is 3.92. The fourth-order valence-electron chi connectivity index (χ4n) is 2.90. The number of aromatic nitrogens is 5. The van der Waals surface area contributed by atoms with Crippen LogP contribution in [-0.2, 0) is 17.8 Å². The summed E-state index contributed by atoms with van der Waals surface area (Å²) >= 11 is 0. The van der Waals surface area contributed by atoms with Crippen LogP contribution in [0.2, 0.25) is 0 Å². The van der Waals surface area contributed by atoms with Gasteiger partial charge in [-0.05, 0) is 6.92 Å².